The average Bonchev–Trinajstić information content (AvgIpc) is 3.26. The van der Waals surface area contributed by atoms with Crippen LogP contribution in [0.15, 0.2) is 42.7 Å². The Kier molecular flexibility index (Phi) is 5.74. The van der Waals surface area contributed by atoms with Gasteiger partial charge in [-0.15, -0.1) is 0 Å². The second kappa shape index (κ2) is 7.98. The summed E-state index contributed by atoms with van der Waals surface area (Å²) in [6.07, 6.45) is 10.2. The van der Waals surface area contributed by atoms with Gasteiger partial charge in [0, 0.05) is 36.0 Å². The fourth-order valence-corrected chi connectivity index (χ4v) is 3.56. The van der Waals surface area contributed by atoms with E-state index >= 15 is 0 Å². The highest BCUT2D eigenvalue weighted by molar-refractivity contribution is 6.31. The molecule has 1 aliphatic rings. The first-order chi connectivity index (χ1) is 11.3. The van der Waals surface area contributed by atoms with Crippen molar-refractivity contribution < 1.29 is 0 Å². The zero-order chi connectivity index (χ0) is 16.1. The largest absolute Gasteiger partial charge is 0.294 e. The standard InChI is InChI=1S/C19H26ClN3/c1-16(18-8-3-4-9-19(18)20)23(17-10-11-17)15-6-2-5-13-22-14-7-12-21-22/h3-4,7-9,12,14,16-17H,2,5-6,10-11,13,15H2,1H3. The van der Waals surface area contributed by atoms with Gasteiger partial charge >= 0.3 is 0 Å². The third-order valence-electron chi connectivity index (χ3n) is 4.73. The van der Waals surface area contributed by atoms with Gasteiger partial charge in [-0.05, 0) is 56.8 Å². The molecule has 1 aromatic carbocycles. The van der Waals surface area contributed by atoms with Gasteiger partial charge in [0.15, 0.2) is 0 Å². The molecule has 0 radical (unpaired) electrons. The van der Waals surface area contributed by atoms with E-state index in [2.05, 4.69) is 29.1 Å². The Labute approximate surface area is 144 Å². The van der Waals surface area contributed by atoms with Gasteiger partial charge in [0.25, 0.3) is 0 Å². The highest BCUT2D eigenvalue weighted by atomic mass is 35.5. The Balaban J connectivity index is 1.48. The van der Waals surface area contributed by atoms with Crippen LogP contribution in [0, 0.1) is 0 Å². The first-order valence-electron chi connectivity index (χ1n) is 8.73. The number of hydrogen-bond donors (Lipinski definition) is 0. The first-order valence-corrected chi connectivity index (χ1v) is 9.11. The normalized spacial score (nSPS) is 16.0. The summed E-state index contributed by atoms with van der Waals surface area (Å²) in [6.45, 7) is 4.48. The van der Waals surface area contributed by atoms with Gasteiger partial charge < -0.3 is 0 Å². The second-order valence-corrected chi connectivity index (χ2v) is 6.90. The van der Waals surface area contributed by atoms with Crippen LogP contribution in [0.2, 0.25) is 5.02 Å². The molecule has 0 amide bonds. The second-order valence-electron chi connectivity index (χ2n) is 6.50. The Bertz CT molecular complexity index is 592. The predicted molar refractivity (Wildman–Crippen MR) is 95.7 cm³/mol. The Morgan fingerprint density at radius 2 is 2.04 bits per heavy atom. The Hall–Kier alpha value is -1.32. The quantitative estimate of drug-likeness (QED) is 0.607. The van der Waals surface area contributed by atoms with Crippen LogP contribution >= 0.6 is 11.6 Å². The van der Waals surface area contributed by atoms with Crippen molar-refractivity contribution in [1.29, 1.82) is 0 Å². The van der Waals surface area contributed by atoms with Crippen molar-refractivity contribution in [3.8, 4) is 0 Å². The lowest BCUT2D eigenvalue weighted by molar-refractivity contribution is 0.195. The van der Waals surface area contributed by atoms with E-state index in [9.17, 15) is 0 Å². The number of benzene rings is 1. The van der Waals surface area contributed by atoms with Gasteiger partial charge in [-0.1, -0.05) is 36.2 Å². The monoisotopic (exact) mass is 331 g/mol. The Morgan fingerprint density at radius 3 is 2.74 bits per heavy atom. The maximum absolute atomic E-state index is 6.39. The van der Waals surface area contributed by atoms with Gasteiger partial charge in [-0.2, -0.15) is 5.10 Å². The predicted octanol–water partition coefficient (Wildman–Crippen LogP) is 4.93. The lowest BCUT2D eigenvalue weighted by atomic mass is 10.1. The summed E-state index contributed by atoms with van der Waals surface area (Å²) in [7, 11) is 0. The number of nitrogens with zero attached hydrogens (tertiary/aromatic N) is 3. The molecule has 2 aromatic rings. The molecule has 3 rings (SSSR count). The number of rotatable bonds is 9. The summed E-state index contributed by atoms with van der Waals surface area (Å²) in [6, 6.07) is 11.4. The number of aromatic nitrogens is 2. The maximum Gasteiger partial charge on any atom is 0.0489 e. The van der Waals surface area contributed by atoms with Gasteiger partial charge in [0.1, 0.15) is 0 Å². The van der Waals surface area contributed by atoms with Crippen molar-refractivity contribution in [1.82, 2.24) is 14.7 Å². The van der Waals surface area contributed by atoms with Crippen LogP contribution in [0.4, 0.5) is 0 Å². The number of unbranched alkanes of at least 4 members (excludes halogenated alkanes) is 2. The van der Waals surface area contributed by atoms with Crippen molar-refractivity contribution in [2.75, 3.05) is 6.54 Å². The van der Waals surface area contributed by atoms with Gasteiger partial charge in [-0.25, -0.2) is 0 Å². The molecule has 0 bridgehead atoms. The molecule has 1 atom stereocenters. The molecular weight excluding hydrogens is 306 g/mol. The summed E-state index contributed by atoms with van der Waals surface area (Å²) in [5.41, 5.74) is 1.26. The highest BCUT2D eigenvalue weighted by Gasteiger charge is 2.32. The number of halogens is 1. The minimum absolute atomic E-state index is 0.405. The van der Waals surface area contributed by atoms with E-state index in [1.54, 1.807) is 0 Å². The third-order valence-corrected chi connectivity index (χ3v) is 5.08. The molecule has 1 unspecified atom stereocenters. The Morgan fingerprint density at radius 1 is 1.22 bits per heavy atom. The summed E-state index contributed by atoms with van der Waals surface area (Å²) < 4.78 is 2.02. The average molecular weight is 332 g/mol. The summed E-state index contributed by atoms with van der Waals surface area (Å²) in [5, 5.41) is 5.15. The molecule has 4 heteroatoms. The SMILES string of the molecule is CC(c1ccccc1Cl)N(CCCCCn1cccn1)C1CC1. The van der Waals surface area contributed by atoms with Crippen molar-refractivity contribution in [2.45, 2.75) is 57.7 Å². The maximum atomic E-state index is 6.39. The van der Waals surface area contributed by atoms with Crippen molar-refractivity contribution >= 4 is 11.6 Å². The number of aryl methyl sites for hydroxylation is 1. The molecule has 1 aromatic heterocycles. The minimum Gasteiger partial charge on any atom is -0.294 e. The summed E-state index contributed by atoms with van der Waals surface area (Å²) in [4.78, 5) is 2.65. The molecule has 1 saturated carbocycles. The molecule has 0 N–H and O–H groups in total. The van der Waals surface area contributed by atoms with Gasteiger partial charge in [0.2, 0.25) is 0 Å². The molecular formula is C19H26ClN3. The van der Waals surface area contributed by atoms with Crippen LogP contribution < -0.4 is 0 Å². The van der Waals surface area contributed by atoms with E-state index in [4.69, 9.17) is 11.6 Å². The van der Waals surface area contributed by atoms with Crippen LogP contribution in [-0.2, 0) is 6.54 Å². The van der Waals surface area contributed by atoms with Crippen molar-refractivity contribution in [2.24, 2.45) is 0 Å². The fraction of sp³-hybridized carbons (Fsp3) is 0.526. The van der Waals surface area contributed by atoms with Crippen LogP contribution in [0.1, 0.15) is 50.6 Å². The lowest BCUT2D eigenvalue weighted by Gasteiger charge is -2.30. The third kappa shape index (κ3) is 4.58. The topological polar surface area (TPSA) is 21.1 Å². The summed E-state index contributed by atoms with van der Waals surface area (Å²) in [5.74, 6) is 0. The van der Waals surface area contributed by atoms with Crippen LogP contribution in [0.25, 0.3) is 0 Å². The molecule has 0 spiro atoms. The van der Waals surface area contributed by atoms with Gasteiger partial charge in [-0.3, -0.25) is 9.58 Å². The van der Waals surface area contributed by atoms with Crippen LogP contribution in [-0.4, -0.2) is 27.3 Å². The molecule has 23 heavy (non-hydrogen) atoms. The molecule has 3 nitrogen and oxygen atoms in total. The number of hydrogen-bond acceptors (Lipinski definition) is 2. The van der Waals surface area contributed by atoms with E-state index < -0.39 is 0 Å². The van der Waals surface area contributed by atoms with E-state index in [0.29, 0.717) is 6.04 Å². The van der Waals surface area contributed by atoms with Crippen LogP contribution in [0.3, 0.4) is 0 Å². The zero-order valence-electron chi connectivity index (χ0n) is 13.9. The zero-order valence-corrected chi connectivity index (χ0v) is 14.6. The molecule has 1 fully saturated rings. The minimum atomic E-state index is 0.405. The molecule has 0 saturated heterocycles. The molecule has 124 valence electrons. The lowest BCUT2D eigenvalue weighted by Crippen LogP contribution is -2.30. The molecule has 1 aliphatic carbocycles. The van der Waals surface area contributed by atoms with Crippen molar-refractivity contribution in [3.63, 3.8) is 0 Å². The molecule has 0 aliphatic heterocycles. The molecule has 1 heterocycles. The van der Waals surface area contributed by atoms with Crippen LogP contribution in [0.5, 0.6) is 0 Å². The van der Waals surface area contributed by atoms with Gasteiger partial charge in [0.05, 0.1) is 0 Å². The highest BCUT2D eigenvalue weighted by Crippen LogP contribution is 2.36. The smallest absolute Gasteiger partial charge is 0.0489 e. The van der Waals surface area contributed by atoms with E-state index in [1.165, 1.54) is 37.7 Å². The van der Waals surface area contributed by atoms with Crippen molar-refractivity contribution in [3.05, 3.63) is 53.3 Å². The first kappa shape index (κ1) is 16.5. The van der Waals surface area contributed by atoms with E-state index in [0.717, 1.165) is 24.2 Å². The van der Waals surface area contributed by atoms with E-state index in [-0.39, 0.29) is 0 Å². The fourth-order valence-electron chi connectivity index (χ4n) is 3.27. The summed E-state index contributed by atoms with van der Waals surface area (Å²) >= 11 is 6.39. The van der Waals surface area contributed by atoms with E-state index in [1.807, 2.05) is 35.3 Å².